The number of amides is 1. The molecular weight excluding hydrogens is 204 g/mol. The monoisotopic (exact) mass is 228 g/mol. The van der Waals surface area contributed by atoms with E-state index in [0.29, 0.717) is 13.0 Å². The van der Waals surface area contributed by atoms with E-state index >= 15 is 0 Å². The van der Waals surface area contributed by atoms with E-state index < -0.39 is 5.54 Å². The third-order valence-corrected chi connectivity index (χ3v) is 2.57. The summed E-state index contributed by atoms with van der Waals surface area (Å²) in [4.78, 5) is 11.7. The van der Waals surface area contributed by atoms with E-state index in [9.17, 15) is 4.79 Å². The molecule has 0 aromatic heterocycles. The van der Waals surface area contributed by atoms with Crippen molar-refractivity contribution in [1.29, 1.82) is 0 Å². The Labute approximate surface area is 97.9 Å². The zero-order valence-corrected chi connectivity index (χ0v) is 10.8. The van der Waals surface area contributed by atoms with Crippen LogP contribution in [0.5, 0.6) is 0 Å². The van der Waals surface area contributed by atoms with Gasteiger partial charge in [-0.2, -0.15) is 0 Å². The highest BCUT2D eigenvalue weighted by atomic mass is 16.5. The maximum Gasteiger partial charge on any atom is 0.222 e. The molecule has 0 radical (unpaired) electrons. The van der Waals surface area contributed by atoms with Crippen LogP contribution in [0.4, 0.5) is 0 Å². The zero-order valence-electron chi connectivity index (χ0n) is 10.8. The van der Waals surface area contributed by atoms with E-state index in [1.807, 2.05) is 27.7 Å². The highest BCUT2D eigenvalue weighted by Gasteiger charge is 2.44. The standard InChI is InChI=1S/C12H24N2O2/c1-9(2)16-8-12(5-6-12)14-10(15)7-11(3,4)13/h9H,5-8,13H2,1-4H3,(H,14,15). The third-order valence-electron chi connectivity index (χ3n) is 2.57. The summed E-state index contributed by atoms with van der Waals surface area (Å²) in [6, 6.07) is 0. The van der Waals surface area contributed by atoms with Gasteiger partial charge >= 0.3 is 0 Å². The lowest BCUT2D eigenvalue weighted by Gasteiger charge is -2.22. The fourth-order valence-corrected chi connectivity index (χ4v) is 1.54. The average Bonchev–Trinajstić information content (AvgIpc) is 2.78. The largest absolute Gasteiger partial charge is 0.376 e. The summed E-state index contributed by atoms with van der Waals surface area (Å²) in [5, 5.41) is 3.04. The Balaban J connectivity index is 2.33. The van der Waals surface area contributed by atoms with Gasteiger partial charge in [0.05, 0.1) is 18.2 Å². The number of rotatable bonds is 6. The number of carbonyl (C=O) groups is 1. The minimum atomic E-state index is -0.445. The Morgan fingerprint density at radius 3 is 2.44 bits per heavy atom. The lowest BCUT2D eigenvalue weighted by molar-refractivity contribution is -0.123. The highest BCUT2D eigenvalue weighted by Crippen LogP contribution is 2.36. The first-order valence-corrected chi connectivity index (χ1v) is 5.94. The molecule has 1 rings (SSSR count). The maximum absolute atomic E-state index is 11.7. The van der Waals surface area contributed by atoms with Crippen molar-refractivity contribution in [3.8, 4) is 0 Å². The van der Waals surface area contributed by atoms with Gasteiger partial charge in [-0.3, -0.25) is 4.79 Å². The van der Waals surface area contributed by atoms with Crippen molar-refractivity contribution in [1.82, 2.24) is 5.32 Å². The molecule has 0 heterocycles. The van der Waals surface area contributed by atoms with Gasteiger partial charge < -0.3 is 15.8 Å². The van der Waals surface area contributed by atoms with Gasteiger partial charge in [0.1, 0.15) is 0 Å². The van der Waals surface area contributed by atoms with Gasteiger partial charge in [-0.25, -0.2) is 0 Å². The van der Waals surface area contributed by atoms with Gasteiger partial charge in [0.25, 0.3) is 0 Å². The van der Waals surface area contributed by atoms with Crippen LogP contribution < -0.4 is 11.1 Å². The molecule has 1 aliphatic rings. The van der Waals surface area contributed by atoms with Crippen molar-refractivity contribution in [2.45, 2.75) is 64.1 Å². The van der Waals surface area contributed by atoms with Crippen molar-refractivity contribution < 1.29 is 9.53 Å². The van der Waals surface area contributed by atoms with Gasteiger partial charge in [0, 0.05) is 12.0 Å². The summed E-state index contributed by atoms with van der Waals surface area (Å²) >= 11 is 0. The molecule has 94 valence electrons. The van der Waals surface area contributed by atoms with Crippen LogP contribution in [0.1, 0.15) is 47.0 Å². The molecular formula is C12H24N2O2. The van der Waals surface area contributed by atoms with Crippen LogP contribution in [-0.2, 0) is 9.53 Å². The molecule has 0 aliphatic heterocycles. The predicted octanol–water partition coefficient (Wildman–Crippen LogP) is 1.19. The van der Waals surface area contributed by atoms with Crippen LogP contribution in [0.15, 0.2) is 0 Å². The first-order chi connectivity index (χ1) is 7.22. The minimum Gasteiger partial charge on any atom is -0.376 e. The van der Waals surface area contributed by atoms with Gasteiger partial charge in [-0.05, 0) is 40.5 Å². The van der Waals surface area contributed by atoms with Gasteiger partial charge in [-0.15, -0.1) is 0 Å². The molecule has 0 spiro atoms. The number of ether oxygens (including phenoxy) is 1. The molecule has 4 heteroatoms. The van der Waals surface area contributed by atoms with E-state index in [1.165, 1.54) is 0 Å². The summed E-state index contributed by atoms with van der Waals surface area (Å²) in [6.07, 6.45) is 2.59. The summed E-state index contributed by atoms with van der Waals surface area (Å²) in [7, 11) is 0. The molecule has 1 aliphatic carbocycles. The molecule has 16 heavy (non-hydrogen) atoms. The highest BCUT2D eigenvalue weighted by molar-refractivity contribution is 5.78. The van der Waals surface area contributed by atoms with E-state index in [2.05, 4.69) is 5.32 Å². The van der Waals surface area contributed by atoms with Crippen molar-refractivity contribution >= 4 is 5.91 Å². The van der Waals surface area contributed by atoms with E-state index in [1.54, 1.807) is 0 Å². The van der Waals surface area contributed by atoms with Crippen LogP contribution in [0.2, 0.25) is 0 Å². The third kappa shape index (κ3) is 4.94. The first kappa shape index (κ1) is 13.5. The smallest absolute Gasteiger partial charge is 0.222 e. The molecule has 1 saturated carbocycles. The molecule has 0 aromatic carbocycles. The second kappa shape index (κ2) is 4.72. The van der Waals surface area contributed by atoms with E-state index in [-0.39, 0.29) is 17.6 Å². The van der Waals surface area contributed by atoms with Crippen molar-refractivity contribution in [2.75, 3.05) is 6.61 Å². The van der Waals surface area contributed by atoms with Crippen LogP contribution in [0.25, 0.3) is 0 Å². The predicted molar refractivity (Wildman–Crippen MR) is 64.1 cm³/mol. The number of hydrogen-bond acceptors (Lipinski definition) is 3. The Morgan fingerprint density at radius 1 is 1.50 bits per heavy atom. The molecule has 0 atom stereocenters. The van der Waals surface area contributed by atoms with Crippen molar-refractivity contribution in [3.05, 3.63) is 0 Å². The molecule has 1 amide bonds. The zero-order chi connectivity index (χ0) is 12.4. The molecule has 4 nitrogen and oxygen atoms in total. The lowest BCUT2D eigenvalue weighted by Crippen LogP contribution is -2.45. The summed E-state index contributed by atoms with van der Waals surface area (Å²) in [5.74, 6) is 0.0253. The fourth-order valence-electron chi connectivity index (χ4n) is 1.54. The van der Waals surface area contributed by atoms with Crippen LogP contribution in [0.3, 0.4) is 0 Å². The maximum atomic E-state index is 11.7. The Hall–Kier alpha value is -0.610. The molecule has 3 N–H and O–H groups in total. The molecule has 0 aromatic rings. The molecule has 0 saturated heterocycles. The first-order valence-electron chi connectivity index (χ1n) is 5.94. The minimum absolute atomic E-state index is 0.0253. The second-order valence-electron chi connectivity index (χ2n) is 5.85. The normalized spacial score (nSPS) is 18.6. The van der Waals surface area contributed by atoms with E-state index in [4.69, 9.17) is 10.5 Å². The quantitative estimate of drug-likeness (QED) is 0.717. The van der Waals surface area contributed by atoms with Crippen molar-refractivity contribution in [3.63, 3.8) is 0 Å². The second-order valence-corrected chi connectivity index (χ2v) is 5.85. The lowest BCUT2D eigenvalue weighted by atomic mass is 10.0. The average molecular weight is 228 g/mol. The summed E-state index contributed by atoms with van der Waals surface area (Å²) in [5.41, 5.74) is 5.26. The number of nitrogens with one attached hydrogen (secondary N) is 1. The molecule has 0 bridgehead atoms. The number of nitrogens with two attached hydrogens (primary N) is 1. The molecule has 1 fully saturated rings. The fraction of sp³-hybridized carbons (Fsp3) is 0.917. The Morgan fingerprint density at radius 2 is 2.06 bits per heavy atom. The molecule has 0 unspecified atom stereocenters. The Bertz CT molecular complexity index is 252. The topological polar surface area (TPSA) is 64.3 Å². The SMILES string of the molecule is CC(C)OCC1(NC(=O)CC(C)(C)N)CC1. The van der Waals surface area contributed by atoms with Crippen LogP contribution in [-0.4, -0.2) is 29.7 Å². The van der Waals surface area contributed by atoms with Gasteiger partial charge in [-0.1, -0.05) is 0 Å². The van der Waals surface area contributed by atoms with Crippen LogP contribution >= 0.6 is 0 Å². The van der Waals surface area contributed by atoms with E-state index in [0.717, 1.165) is 12.8 Å². The van der Waals surface area contributed by atoms with Crippen LogP contribution in [0, 0.1) is 0 Å². The van der Waals surface area contributed by atoms with Gasteiger partial charge in [0.15, 0.2) is 0 Å². The van der Waals surface area contributed by atoms with Crippen molar-refractivity contribution in [2.24, 2.45) is 5.73 Å². The van der Waals surface area contributed by atoms with Gasteiger partial charge in [0.2, 0.25) is 5.91 Å². The Kier molecular flexibility index (Phi) is 3.97. The number of hydrogen-bond donors (Lipinski definition) is 2. The summed E-state index contributed by atoms with van der Waals surface area (Å²) < 4.78 is 5.55. The summed E-state index contributed by atoms with van der Waals surface area (Å²) in [6.45, 7) is 8.33. The number of carbonyl (C=O) groups excluding carboxylic acids is 1.